The van der Waals surface area contributed by atoms with Crippen molar-refractivity contribution in [3.05, 3.63) is 99.0 Å². The molecular formula is C28H29Cl3N2O3. The van der Waals surface area contributed by atoms with Crippen molar-refractivity contribution in [2.24, 2.45) is 0 Å². The summed E-state index contributed by atoms with van der Waals surface area (Å²) in [5.41, 5.74) is 1.74. The quantitative estimate of drug-likeness (QED) is 0.295. The van der Waals surface area contributed by atoms with E-state index in [2.05, 4.69) is 5.32 Å². The van der Waals surface area contributed by atoms with E-state index in [0.717, 1.165) is 17.5 Å². The number of hydrogen-bond donors (Lipinski definition) is 1. The highest BCUT2D eigenvalue weighted by atomic mass is 35.5. The number of benzene rings is 3. The maximum atomic E-state index is 13.6. The number of ether oxygens (including phenoxy) is 1. The molecule has 0 spiro atoms. The normalized spacial score (nSPS) is 12.5. The van der Waals surface area contributed by atoms with Crippen molar-refractivity contribution >= 4 is 46.6 Å². The summed E-state index contributed by atoms with van der Waals surface area (Å²) < 4.78 is 5.74. The predicted molar refractivity (Wildman–Crippen MR) is 146 cm³/mol. The van der Waals surface area contributed by atoms with E-state index in [4.69, 9.17) is 39.5 Å². The molecule has 36 heavy (non-hydrogen) atoms. The number of amides is 2. The van der Waals surface area contributed by atoms with Gasteiger partial charge in [-0.3, -0.25) is 9.59 Å². The van der Waals surface area contributed by atoms with Gasteiger partial charge in [-0.05, 0) is 54.8 Å². The number of nitrogens with zero attached hydrogens (tertiary/aromatic N) is 1. The zero-order valence-electron chi connectivity index (χ0n) is 20.2. The molecule has 0 saturated carbocycles. The Bertz CT molecular complexity index is 1170. The lowest BCUT2D eigenvalue weighted by Gasteiger charge is -2.32. The van der Waals surface area contributed by atoms with Crippen LogP contribution in [-0.4, -0.2) is 35.4 Å². The predicted octanol–water partition coefficient (Wildman–Crippen LogP) is 6.58. The summed E-state index contributed by atoms with van der Waals surface area (Å²) in [6, 6.07) is 20.8. The van der Waals surface area contributed by atoms with Crippen molar-refractivity contribution in [1.82, 2.24) is 10.2 Å². The number of carbonyl (C=O) groups is 2. The van der Waals surface area contributed by atoms with Gasteiger partial charge in [-0.25, -0.2) is 0 Å². The van der Waals surface area contributed by atoms with Gasteiger partial charge in [0.05, 0.1) is 5.02 Å². The molecule has 3 aromatic carbocycles. The molecule has 0 aliphatic rings. The van der Waals surface area contributed by atoms with E-state index < -0.39 is 6.04 Å². The lowest BCUT2D eigenvalue weighted by atomic mass is 10.0. The average molecular weight is 548 g/mol. The minimum atomic E-state index is -0.767. The fourth-order valence-electron chi connectivity index (χ4n) is 3.64. The van der Waals surface area contributed by atoms with E-state index in [9.17, 15) is 9.59 Å². The molecule has 0 aromatic heterocycles. The van der Waals surface area contributed by atoms with E-state index in [1.54, 1.807) is 35.2 Å². The summed E-state index contributed by atoms with van der Waals surface area (Å²) in [5, 5.41) is 4.35. The van der Waals surface area contributed by atoms with Crippen LogP contribution in [0.3, 0.4) is 0 Å². The topological polar surface area (TPSA) is 58.6 Å². The van der Waals surface area contributed by atoms with Gasteiger partial charge in [-0.15, -0.1) is 0 Å². The van der Waals surface area contributed by atoms with Crippen molar-refractivity contribution in [3.63, 3.8) is 0 Å². The summed E-state index contributed by atoms with van der Waals surface area (Å²) >= 11 is 18.4. The molecule has 2 amide bonds. The molecule has 0 aliphatic carbocycles. The molecule has 0 saturated heterocycles. The number of rotatable bonds is 11. The Hall–Kier alpha value is -2.73. The zero-order valence-corrected chi connectivity index (χ0v) is 22.5. The van der Waals surface area contributed by atoms with Crippen molar-refractivity contribution < 1.29 is 14.3 Å². The van der Waals surface area contributed by atoms with Crippen molar-refractivity contribution in [3.8, 4) is 5.75 Å². The second-order valence-corrected chi connectivity index (χ2v) is 9.82. The van der Waals surface area contributed by atoms with Gasteiger partial charge in [0, 0.05) is 29.1 Å². The molecule has 8 heteroatoms. The highest BCUT2D eigenvalue weighted by Crippen LogP contribution is 2.27. The van der Waals surface area contributed by atoms with E-state index >= 15 is 0 Å². The maximum absolute atomic E-state index is 13.6. The minimum Gasteiger partial charge on any atom is -0.482 e. The Labute approximate surface area is 227 Å². The van der Waals surface area contributed by atoms with E-state index in [1.165, 1.54) is 0 Å². The molecule has 3 aromatic rings. The molecule has 0 fully saturated rings. The van der Waals surface area contributed by atoms with Gasteiger partial charge in [0.25, 0.3) is 5.91 Å². The van der Waals surface area contributed by atoms with Crippen LogP contribution in [0.4, 0.5) is 0 Å². The summed E-state index contributed by atoms with van der Waals surface area (Å²) in [7, 11) is 0. The van der Waals surface area contributed by atoms with Crippen LogP contribution >= 0.6 is 34.8 Å². The Morgan fingerprint density at radius 3 is 2.28 bits per heavy atom. The zero-order chi connectivity index (χ0) is 26.1. The van der Waals surface area contributed by atoms with Crippen LogP contribution in [0.5, 0.6) is 5.75 Å². The molecule has 1 N–H and O–H groups in total. The summed E-state index contributed by atoms with van der Waals surface area (Å²) in [6.45, 7) is 3.81. The van der Waals surface area contributed by atoms with Crippen molar-refractivity contribution in [2.45, 2.75) is 45.3 Å². The third kappa shape index (κ3) is 8.16. The van der Waals surface area contributed by atoms with Gasteiger partial charge in [-0.1, -0.05) is 84.2 Å². The molecule has 190 valence electrons. The highest BCUT2D eigenvalue weighted by Gasteiger charge is 2.31. The first-order valence-electron chi connectivity index (χ1n) is 11.7. The fraction of sp³-hybridized carbons (Fsp3) is 0.286. The van der Waals surface area contributed by atoms with E-state index in [0.29, 0.717) is 27.2 Å². The van der Waals surface area contributed by atoms with Gasteiger partial charge in [0.2, 0.25) is 5.91 Å². The first-order valence-corrected chi connectivity index (χ1v) is 12.9. The fourth-order valence-corrected chi connectivity index (χ4v) is 4.32. The third-order valence-electron chi connectivity index (χ3n) is 5.76. The van der Waals surface area contributed by atoms with Crippen molar-refractivity contribution in [2.75, 3.05) is 6.61 Å². The van der Waals surface area contributed by atoms with Crippen LogP contribution in [-0.2, 0) is 22.6 Å². The summed E-state index contributed by atoms with van der Waals surface area (Å²) in [5.74, 6) is -0.255. The number of hydrogen-bond acceptors (Lipinski definition) is 3. The van der Waals surface area contributed by atoms with E-state index in [-0.39, 0.29) is 31.0 Å². The number of carbonyl (C=O) groups excluding carboxylic acids is 2. The standard InChI is InChI=1S/C28H29Cl3N2O3/c1-3-19(2)32-28(35)25(15-20-8-5-4-6-9-20)33(17-21-10-7-11-22(29)14-21)27(34)18-36-26-13-12-23(30)16-24(26)31/h4-14,16,19,25H,3,15,17-18H2,1-2H3,(H,32,35)/t19-,25+/m1/s1. The summed E-state index contributed by atoms with van der Waals surface area (Å²) in [6.07, 6.45) is 1.11. The molecule has 0 bridgehead atoms. The molecule has 0 aliphatic heterocycles. The van der Waals surface area contributed by atoms with Crippen LogP contribution in [0.1, 0.15) is 31.4 Å². The lowest BCUT2D eigenvalue weighted by molar-refractivity contribution is -0.143. The van der Waals surface area contributed by atoms with Crippen LogP contribution in [0.2, 0.25) is 15.1 Å². The van der Waals surface area contributed by atoms with Gasteiger partial charge in [0.1, 0.15) is 11.8 Å². The molecule has 5 nitrogen and oxygen atoms in total. The molecule has 2 atom stereocenters. The van der Waals surface area contributed by atoms with Crippen LogP contribution < -0.4 is 10.1 Å². The molecular weight excluding hydrogens is 519 g/mol. The van der Waals surface area contributed by atoms with Crippen LogP contribution in [0, 0.1) is 0 Å². The minimum absolute atomic E-state index is 0.0389. The van der Waals surface area contributed by atoms with Gasteiger partial charge in [0.15, 0.2) is 6.61 Å². The second kappa shape index (κ2) is 13.5. The first kappa shape index (κ1) is 27.9. The Kier molecular flexibility index (Phi) is 10.5. The smallest absolute Gasteiger partial charge is 0.261 e. The van der Waals surface area contributed by atoms with Crippen molar-refractivity contribution in [1.29, 1.82) is 0 Å². The lowest BCUT2D eigenvalue weighted by Crippen LogP contribution is -2.53. The van der Waals surface area contributed by atoms with Crippen LogP contribution in [0.15, 0.2) is 72.8 Å². The van der Waals surface area contributed by atoms with Gasteiger partial charge < -0.3 is 15.0 Å². The summed E-state index contributed by atoms with van der Waals surface area (Å²) in [4.78, 5) is 28.6. The Morgan fingerprint density at radius 2 is 1.61 bits per heavy atom. The third-order valence-corrected chi connectivity index (χ3v) is 6.52. The number of halogens is 3. The van der Waals surface area contributed by atoms with Gasteiger partial charge in [-0.2, -0.15) is 0 Å². The SMILES string of the molecule is CC[C@@H](C)NC(=O)[C@H](Cc1ccccc1)N(Cc1cccc(Cl)c1)C(=O)COc1ccc(Cl)cc1Cl. The second-order valence-electron chi connectivity index (χ2n) is 8.54. The van der Waals surface area contributed by atoms with Crippen LogP contribution in [0.25, 0.3) is 0 Å². The monoisotopic (exact) mass is 546 g/mol. The Morgan fingerprint density at radius 1 is 0.917 bits per heavy atom. The largest absolute Gasteiger partial charge is 0.482 e. The molecule has 0 heterocycles. The Balaban J connectivity index is 1.92. The average Bonchev–Trinajstić information content (AvgIpc) is 2.86. The first-order chi connectivity index (χ1) is 17.3. The van der Waals surface area contributed by atoms with Gasteiger partial charge >= 0.3 is 0 Å². The molecule has 0 unspecified atom stereocenters. The van der Waals surface area contributed by atoms with E-state index in [1.807, 2.05) is 56.3 Å². The molecule has 3 rings (SSSR count). The molecule has 0 radical (unpaired) electrons. The highest BCUT2D eigenvalue weighted by molar-refractivity contribution is 6.35. The maximum Gasteiger partial charge on any atom is 0.261 e. The number of nitrogens with one attached hydrogen (secondary N) is 1.